The number of rotatable bonds is 6. The van der Waals surface area contributed by atoms with E-state index in [0.29, 0.717) is 37.4 Å². The summed E-state index contributed by atoms with van der Waals surface area (Å²) in [5.41, 5.74) is 2.39. The molecule has 0 N–H and O–H groups in total. The third-order valence-corrected chi connectivity index (χ3v) is 5.29. The van der Waals surface area contributed by atoms with Crippen molar-refractivity contribution in [3.63, 3.8) is 0 Å². The molecule has 0 atom stereocenters. The molecule has 7 heteroatoms. The van der Waals surface area contributed by atoms with E-state index in [1.807, 2.05) is 25.1 Å². The van der Waals surface area contributed by atoms with Gasteiger partial charge in [0.15, 0.2) is 0 Å². The Morgan fingerprint density at radius 1 is 1.12 bits per heavy atom. The minimum Gasteiger partial charge on any atom is -0.496 e. The number of morpholine rings is 1. The van der Waals surface area contributed by atoms with Crippen LogP contribution in [0, 0.1) is 0 Å². The van der Waals surface area contributed by atoms with Gasteiger partial charge in [-0.1, -0.05) is 37.3 Å². The predicted octanol–water partition coefficient (Wildman–Crippen LogP) is 5.23. The van der Waals surface area contributed by atoms with Crippen molar-refractivity contribution in [3.8, 4) is 5.75 Å². The van der Waals surface area contributed by atoms with Gasteiger partial charge in [0.25, 0.3) is 0 Å². The van der Waals surface area contributed by atoms with E-state index in [4.69, 9.17) is 9.47 Å². The average Bonchev–Trinajstić information content (AvgIpc) is 2.81. The monoisotopic (exact) mass is 445 g/mol. The van der Waals surface area contributed by atoms with E-state index in [-0.39, 0.29) is 5.91 Å². The van der Waals surface area contributed by atoms with Crippen LogP contribution in [0.15, 0.2) is 54.6 Å². The van der Waals surface area contributed by atoms with Crippen LogP contribution in [0.2, 0.25) is 0 Å². The van der Waals surface area contributed by atoms with Gasteiger partial charge in [0, 0.05) is 19.2 Å². The second kappa shape index (κ2) is 10.5. The molecule has 0 spiro atoms. The molecule has 1 saturated heterocycles. The van der Waals surface area contributed by atoms with Crippen LogP contribution in [0.3, 0.4) is 0 Å². The Balaban J connectivity index is 1.94. The van der Waals surface area contributed by atoms with Gasteiger partial charge in [-0.05, 0) is 52.9 Å². The van der Waals surface area contributed by atoms with E-state index < -0.39 is 11.7 Å². The van der Waals surface area contributed by atoms with Gasteiger partial charge >= 0.3 is 6.18 Å². The minimum absolute atomic E-state index is 0.130. The molecule has 170 valence electrons. The van der Waals surface area contributed by atoms with E-state index in [1.54, 1.807) is 30.2 Å². The van der Waals surface area contributed by atoms with Crippen LogP contribution < -0.4 is 4.74 Å². The Labute approximate surface area is 185 Å². The van der Waals surface area contributed by atoms with Gasteiger partial charge < -0.3 is 14.4 Å². The average molecular weight is 445 g/mol. The number of amides is 1. The number of aryl methyl sites for hydroxylation is 1. The van der Waals surface area contributed by atoms with Crippen LogP contribution >= 0.6 is 0 Å². The van der Waals surface area contributed by atoms with Crippen molar-refractivity contribution in [2.75, 3.05) is 33.4 Å². The lowest BCUT2D eigenvalue weighted by Crippen LogP contribution is -2.39. The van der Waals surface area contributed by atoms with Gasteiger partial charge in [-0.15, -0.1) is 0 Å². The zero-order valence-electron chi connectivity index (χ0n) is 18.1. The number of hydrogen-bond donors (Lipinski definition) is 0. The van der Waals surface area contributed by atoms with E-state index in [9.17, 15) is 18.0 Å². The molecular formula is C25H26F3NO3. The highest BCUT2D eigenvalue weighted by Crippen LogP contribution is 2.30. The molecule has 1 aliphatic heterocycles. The number of carbonyl (C=O) groups is 1. The topological polar surface area (TPSA) is 38.8 Å². The Morgan fingerprint density at radius 2 is 1.81 bits per heavy atom. The van der Waals surface area contributed by atoms with Crippen LogP contribution in [-0.4, -0.2) is 44.2 Å². The zero-order valence-corrected chi connectivity index (χ0v) is 18.1. The van der Waals surface area contributed by atoms with Crippen molar-refractivity contribution in [2.45, 2.75) is 19.5 Å². The Morgan fingerprint density at radius 3 is 2.41 bits per heavy atom. The SMILES string of the molecule is CCc1cc(C(=C\C(=O)N2CCOCC2)/C=C/c2ccc(C(F)(F)F)cc2)ccc1OC. The summed E-state index contributed by atoms with van der Waals surface area (Å²) in [6.45, 7) is 4.06. The second-order valence-electron chi connectivity index (χ2n) is 7.37. The molecule has 1 aliphatic rings. The lowest BCUT2D eigenvalue weighted by atomic mass is 9.99. The van der Waals surface area contributed by atoms with Crippen LogP contribution in [-0.2, 0) is 22.1 Å². The molecule has 2 aromatic rings. The fourth-order valence-electron chi connectivity index (χ4n) is 3.44. The lowest BCUT2D eigenvalue weighted by Gasteiger charge is -2.26. The summed E-state index contributed by atoms with van der Waals surface area (Å²) < 4.78 is 49.2. The first-order chi connectivity index (χ1) is 15.3. The smallest absolute Gasteiger partial charge is 0.416 e. The van der Waals surface area contributed by atoms with Gasteiger partial charge in [-0.25, -0.2) is 0 Å². The maximum atomic E-state index is 12.8. The molecule has 1 heterocycles. The van der Waals surface area contributed by atoms with E-state index in [1.165, 1.54) is 12.1 Å². The Hall–Kier alpha value is -3.06. The third-order valence-electron chi connectivity index (χ3n) is 5.29. The van der Waals surface area contributed by atoms with Gasteiger partial charge in [-0.3, -0.25) is 4.79 Å². The third kappa shape index (κ3) is 6.01. The molecule has 0 radical (unpaired) electrons. The number of nitrogens with zero attached hydrogens (tertiary/aromatic N) is 1. The number of hydrogen-bond acceptors (Lipinski definition) is 3. The van der Waals surface area contributed by atoms with Gasteiger partial charge in [0.2, 0.25) is 5.91 Å². The van der Waals surface area contributed by atoms with Gasteiger partial charge in [0.05, 0.1) is 25.9 Å². The molecule has 0 saturated carbocycles. The molecule has 4 nitrogen and oxygen atoms in total. The molecular weight excluding hydrogens is 419 g/mol. The summed E-state index contributed by atoms with van der Waals surface area (Å²) in [4.78, 5) is 14.6. The molecule has 0 aromatic heterocycles. The summed E-state index contributed by atoms with van der Waals surface area (Å²) >= 11 is 0. The normalized spacial score (nSPS) is 15.3. The largest absolute Gasteiger partial charge is 0.496 e. The molecule has 0 aliphatic carbocycles. The Bertz CT molecular complexity index is 988. The molecule has 3 rings (SSSR count). The van der Waals surface area contributed by atoms with Gasteiger partial charge in [0.1, 0.15) is 5.75 Å². The van der Waals surface area contributed by atoms with Crippen molar-refractivity contribution in [2.24, 2.45) is 0 Å². The number of carbonyl (C=O) groups excluding carboxylic acids is 1. The molecule has 32 heavy (non-hydrogen) atoms. The van der Waals surface area contributed by atoms with Crippen molar-refractivity contribution in [1.82, 2.24) is 4.90 Å². The van der Waals surface area contributed by atoms with E-state index in [2.05, 4.69) is 0 Å². The molecule has 1 amide bonds. The first-order valence-corrected chi connectivity index (χ1v) is 10.4. The maximum absolute atomic E-state index is 12.8. The highest BCUT2D eigenvalue weighted by atomic mass is 19.4. The van der Waals surface area contributed by atoms with Crippen LogP contribution in [0.5, 0.6) is 5.75 Å². The van der Waals surface area contributed by atoms with Crippen molar-refractivity contribution in [3.05, 3.63) is 76.9 Å². The van der Waals surface area contributed by atoms with Crippen molar-refractivity contribution < 1.29 is 27.4 Å². The first-order valence-electron chi connectivity index (χ1n) is 10.4. The maximum Gasteiger partial charge on any atom is 0.416 e. The highest BCUT2D eigenvalue weighted by Gasteiger charge is 2.29. The van der Waals surface area contributed by atoms with Crippen molar-refractivity contribution in [1.29, 1.82) is 0 Å². The van der Waals surface area contributed by atoms with E-state index in [0.717, 1.165) is 35.4 Å². The van der Waals surface area contributed by atoms with E-state index >= 15 is 0 Å². The number of halogens is 3. The fourth-order valence-corrected chi connectivity index (χ4v) is 3.44. The Kier molecular flexibility index (Phi) is 7.75. The quantitative estimate of drug-likeness (QED) is 0.451. The number of benzene rings is 2. The summed E-state index contributed by atoms with van der Waals surface area (Å²) in [6.07, 6.45) is 1.39. The summed E-state index contributed by atoms with van der Waals surface area (Å²) in [6, 6.07) is 10.6. The highest BCUT2D eigenvalue weighted by molar-refractivity contribution is 5.98. The predicted molar refractivity (Wildman–Crippen MR) is 118 cm³/mol. The fraction of sp³-hybridized carbons (Fsp3) is 0.320. The minimum atomic E-state index is -4.38. The number of ether oxygens (including phenoxy) is 2. The standard InChI is InChI=1S/C25H26F3NO3/c1-3-19-16-20(8-11-23(19)31-2)21(17-24(30)29-12-14-32-15-13-29)7-4-18-5-9-22(10-6-18)25(26,27)28/h4-11,16-17H,3,12-15H2,1-2H3/b7-4+,21-17-. The van der Waals surface area contributed by atoms with Gasteiger partial charge in [-0.2, -0.15) is 13.2 Å². The van der Waals surface area contributed by atoms with Crippen LogP contribution in [0.1, 0.15) is 29.2 Å². The van der Waals surface area contributed by atoms with Crippen LogP contribution in [0.25, 0.3) is 11.6 Å². The number of alkyl halides is 3. The number of allylic oxidation sites excluding steroid dienone is 2. The van der Waals surface area contributed by atoms with Crippen molar-refractivity contribution >= 4 is 17.6 Å². The first kappa shape index (κ1) is 23.6. The summed E-state index contributed by atoms with van der Waals surface area (Å²) in [5, 5.41) is 0. The second-order valence-corrected chi connectivity index (χ2v) is 7.37. The zero-order chi connectivity index (χ0) is 23.1. The molecule has 0 unspecified atom stereocenters. The summed E-state index contributed by atoms with van der Waals surface area (Å²) in [5.74, 6) is 0.635. The summed E-state index contributed by atoms with van der Waals surface area (Å²) in [7, 11) is 1.61. The molecule has 0 bridgehead atoms. The van der Waals surface area contributed by atoms with Crippen LogP contribution in [0.4, 0.5) is 13.2 Å². The molecule has 1 fully saturated rings. The lowest BCUT2D eigenvalue weighted by molar-refractivity contribution is -0.137. The number of methoxy groups -OCH3 is 1. The molecule has 2 aromatic carbocycles.